The maximum absolute atomic E-state index is 12.1. The third-order valence-electron chi connectivity index (χ3n) is 2.89. The fourth-order valence-electron chi connectivity index (χ4n) is 2.05. The van der Waals surface area contributed by atoms with Crippen molar-refractivity contribution < 1.29 is 4.79 Å². The first kappa shape index (κ1) is 9.78. The minimum Gasteiger partial charge on any atom is -0.293 e. The monoisotopic (exact) mass is 206 g/mol. The summed E-state index contributed by atoms with van der Waals surface area (Å²) in [4.78, 5) is 12.1. The molecular formula is C12H14OS. The molecule has 0 bridgehead atoms. The standard InChI is InChI=1S/C12H14OS/c13-11(10-6-2-1-3-7-10)12(14)8-4-5-9-12/h1-3,6-7,14H,4-5,8-9H2. The van der Waals surface area contributed by atoms with E-state index in [2.05, 4.69) is 12.6 Å². The predicted molar refractivity (Wildman–Crippen MR) is 61.0 cm³/mol. The van der Waals surface area contributed by atoms with Gasteiger partial charge in [-0.25, -0.2) is 0 Å². The van der Waals surface area contributed by atoms with Crippen LogP contribution in [0, 0.1) is 0 Å². The Morgan fingerprint density at radius 2 is 1.71 bits per heavy atom. The summed E-state index contributed by atoms with van der Waals surface area (Å²) in [5, 5.41) is 0. The van der Waals surface area contributed by atoms with Gasteiger partial charge in [0.15, 0.2) is 5.78 Å². The van der Waals surface area contributed by atoms with E-state index in [-0.39, 0.29) is 10.5 Å². The van der Waals surface area contributed by atoms with E-state index in [1.807, 2.05) is 30.3 Å². The van der Waals surface area contributed by atoms with Gasteiger partial charge in [0.05, 0.1) is 4.75 Å². The maximum Gasteiger partial charge on any atom is 0.178 e. The van der Waals surface area contributed by atoms with Crippen molar-refractivity contribution in [1.29, 1.82) is 0 Å². The molecule has 0 spiro atoms. The Balaban J connectivity index is 2.24. The summed E-state index contributed by atoms with van der Waals surface area (Å²) in [6, 6.07) is 9.48. The molecule has 2 rings (SSSR count). The summed E-state index contributed by atoms with van der Waals surface area (Å²) in [7, 11) is 0. The van der Waals surface area contributed by atoms with Crippen LogP contribution in [0.15, 0.2) is 30.3 Å². The number of rotatable bonds is 2. The Morgan fingerprint density at radius 3 is 2.29 bits per heavy atom. The van der Waals surface area contributed by atoms with Crippen molar-refractivity contribution in [3.8, 4) is 0 Å². The largest absolute Gasteiger partial charge is 0.293 e. The summed E-state index contributed by atoms with van der Waals surface area (Å²) < 4.78 is -0.388. The van der Waals surface area contributed by atoms with Crippen molar-refractivity contribution >= 4 is 18.4 Å². The summed E-state index contributed by atoms with van der Waals surface area (Å²) >= 11 is 4.54. The van der Waals surface area contributed by atoms with Crippen molar-refractivity contribution in [3.63, 3.8) is 0 Å². The molecule has 1 saturated carbocycles. The van der Waals surface area contributed by atoms with Crippen molar-refractivity contribution in [3.05, 3.63) is 35.9 Å². The number of carbonyl (C=O) groups excluding carboxylic acids is 1. The number of benzene rings is 1. The minimum absolute atomic E-state index is 0.193. The van der Waals surface area contributed by atoms with Crippen LogP contribution in [0.5, 0.6) is 0 Å². The molecule has 0 heterocycles. The van der Waals surface area contributed by atoms with E-state index in [0.717, 1.165) is 31.2 Å². The van der Waals surface area contributed by atoms with Crippen molar-refractivity contribution in [2.24, 2.45) is 0 Å². The highest BCUT2D eigenvalue weighted by Gasteiger charge is 2.37. The van der Waals surface area contributed by atoms with Gasteiger partial charge in [0.25, 0.3) is 0 Å². The zero-order valence-corrected chi connectivity index (χ0v) is 8.97. The normalized spacial score (nSPS) is 19.5. The number of carbonyl (C=O) groups is 1. The lowest BCUT2D eigenvalue weighted by atomic mass is 9.95. The van der Waals surface area contributed by atoms with Crippen LogP contribution < -0.4 is 0 Å². The first-order valence-electron chi connectivity index (χ1n) is 5.05. The van der Waals surface area contributed by atoms with Gasteiger partial charge in [-0.2, -0.15) is 12.6 Å². The highest BCUT2D eigenvalue weighted by molar-refractivity contribution is 7.82. The Hall–Kier alpha value is -0.760. The van der Waals surface area contributed by atoms with Crippen LogP contribution in [0.4, 0.5) is 0 Å². The van der Waals surface area contributed by atoms with E-state index in [9.17, 15) is 4.79 Å². The van der Waals surface area contributed by atoms with Crippen molar-refractivity contribution in [1.82, 2.24) is 0 Å². The summed E-state index contributed by atoms with van der Waals surface area (Å²) in [5.41, 5.74) is 0.796. The molecule has 0 saturated heterocycles. The maximum atomic E-state index is 12.1. The third-order valence-corrected chi connectivity index (χ3v) is 3.54. The van der Waals surface area contributed by atoms with E-state index < -0.39 is 0 Å². The molecule has 1 aromatic rings. The second-order valence-electron chi connectivity index (χ2n) is 3.93. The lowest BCUT2D eigenvalue weighted by Crippen LogP contribution is -2.29. The molecule has 0 atom stereocenters. The molecule has 1 fully saturated rings. The van der Waals surface area contributed by atoms with E-state index >= 15 is 0 Å². The Morgan fingerprint density at radius 1 is 1.14 bits per heavy atom. The second kappa shape index (κ2) is 3.77. The van der Waals surface area contributed by atoms with Gasteiger partial charge in [-0.3, -0.25) is 4.79 Å². The highest BCUT2D eigenvalue weighted by atomic mass is 32.1. The number of Topliss-reactive ketones (excluding diaryl/α,β-unsaturated/α-hetero) is 1. The highest BCUT2D eigenvalue weighted by Crippen LogP contribution is 2.37. The van der Waals surface area contributed by atoms with Crippen LogP contribution in [0.2, 0.25) is 0 Å². The first-order chi connectivity index (χ1) is 6.72. The van der Waals surface area contributed by atoms with Gasteiger partial charge in [-0.15, -0.1) is 0 Å². The molecule has 0 radical (unpaired) electrons. The van der Waals surface area contributed by atoms with Crippen LogP contribution in [-0.2, 0) is 0 Å². The van der Waals surface area contributed by atoms with Gasteiger partial charge in [-0.1, -0.05) is 43.2 Å². The van der Waals surface area contributed by atoms with E-state index in [1.165, 1.54) is 0 Å². The molecule has 0 unspecified atom stereocenters. The quantitative estimate of drug-likeness (QED) is 0.581. The van der Waals surface area contributed by atoms with Gasteiger partial charge in [0, 0.05) is 5.56 Å². The van der Waals surface area contributed by atoms with Gasteiger partial charge >= 0.3 is 0 Å². The summed E-state index contributed by atoms with van der Waals surface area (Å²) in [6.45, 7) is 0. The molecule has 0 aromatic heterocycles. The van der Waals surface area contributed by atoms with Crippen molar-refractivity contribution in [2.45, 2.75) is 30.4 Å². The zero-order chi connectivity index (χ0) is 10.0. The van der Waals surface area contributed by atoms with Gasteiger partial charge < -0.3 is 0 Å². The fourth-order valence-corrected chi connectivity index (χ4v) is 2.49. The lowest BCUT2D eigenvalue weighted by molar-refractivity contribution is 0.0946. The predicted octanol–water partition coefficient (Wildman–Crippen LogP) is 3.11. The molecule has 0 N–H and O–H groups in total. The third kappa shape index (κ3) is 1.71. The molecule has 14 heavy (non-hydrogen) atoms. The van der Waals surface area contributed by atoms with Gasteiger partial charge in [0.1, 0.15) is 0 Å². The Bertz CT molecular complexity index is 325. The first-order valence-corrected chi connectivity index (χ1v) is 5.49. The van der Waals surface area contributed by atoms with Crippen LogP contribution >= 0.6 is 12.6 Å². The van der Waals surface area contributed by atoms with Crippen molar-refractivity contribution in [2.75, 3.05) is 0 Å². The molecule has 1 aliphatic rings. The van der Waals surface area contributed by atoms with Gasteiger partial charge in [-0.05, 0) is 12.8 Å². The van der Waals surface area contributed by atoms with Crippen LogP contribution in [0.25, 0.3) is 0 Å². The fraction of sp³-hybridized carbons (Fsp3) is 0.417. The van der Waals surface area contributed by atoms with E-state index in [1.54, 1.807) is 0 Å². The number of hydrogen-bond acceptors (Lipinski definition) is 2. The molecule has 2 heteroatoms. The zero-order valence-electron chi connectivity index (χ0n) is 8.07. The summed E-state index contributed by atoms with van der Waals surface area (Å²) in [6.07, 6.45) is 4.10. The molecule has 0 amide bonds. The molecule has 1 aromatic carbocycles. The van der Waals surface area contributed by atoms with E-state index in [4.69, 9.17) is 0 Å². The molecule has 1 aliphatic carbocycles. The Kier molecular flexibility index (Phi) is 2.64. The molecular weight excluding hydrogens is 192 g/mol. The average molecular weight is 206 g/mol. The number of ketones is 1. The SMILES string of the molecule is O=C(c1ccccc1)C1(S)CCCC1. The number of thiol groups is 1. The lowest BCUT2D eigenvalue weighted by Gasteiger charge is -2.20. The van der Waals surface area contributed by atoms with Crippen LogP contribution in [0.1, 0.15) is 36.0 Å². The smallest absolute Gasteiger partial charge is 0.178 e. The molecule has 0 aliphatic heterocycles. The summed E-state index contributed by atoms with van der Waals surface area (Å²) in [5.74, 6) is 0.193. The van der Waals surface area contributed by atoms with E-state index in [0.29, 0.717) is 0 Å². The van der Waals surface area contributed by atoms with Crippen LogP contribution in [-0.4, -0.2) is 10.5 Å². The number of hydrogen-bond donors (Lipinski definition) is 1. The second-order valence-corrected chi connectivity index (χ2v) is 4.79. The van der Waals surface area contributed by atoms with Crippen LogP contribution in [0.3, 0.4) is 0 Å². The average Bonchev–Trinajstić information content (AvgIpc) is 2.67. The topological polar surface area (TPSA) is 17.1 Å². The molecule has 1 nitrogen and oxygen atoms in total. The molecule has 74 valence electrons. The van der Waals surface area contributed by atoms with Gasteiger partial charge in [0.2, 0.25) is 0 Å². The minimum atomic E-state index is -0.388. The Labute approximate surface area is 89.9 Å².